The number of aryl methyl sites for hydroxylation is 2. The molecule has 0 spiro atoms. The fourth-order valence-electron chi connectivity index (χ4n) is 3.71. The standard InChI is InChI=1S/C27H24ClN3O5/c1-15-8-9-19(12-16(15)2)30-25(32)17-6-5-7-18(13-17)29-24-23(28)26(33)31(27(24)34)21-14-20(35-3)10-11-22(21)36-4/h5-14,29H,1-4H3,(H,30,32). The molecule has 0 bridgehead atoms. The first kappa shape index (κ1) is 24.8. The summed E-state index contributed by atoms with van der Waals surface area (Å²) in [6, 6.07) is 16.9. The summed E-state index contributed by atoms with van der Waals surface area (Å²) in [5.41, 5.74) is 3.72. The number of halogens is 1. The Morgan fingerprint density at radius 1 is 0.861 bits per heavy atom. The Hall–Kier alpha value is -4.30. The van der Waals surface area contributed by atoms with Crippen LogP contribution in [0.5, 0.6) is 11.5 Å². The van der Waals surface area contributed by atoms with Crippen LogP contribution in [0.4, 0.5) is 17.1 Å². The number of anilines is 3. The number of rotatable bonds is 7. The van der Waals surface area contributed by atoms with Gasteiger partial charge in [-0.15, -0.1) is 0 Å². The van der Waals surface area contributed by atoms with Crippen molar-refractivity contribution in [3.8, 4) is 11.5 Å². The molecule has 0 radical (unpaired) electrons. The second-order valence-electron chi connectivity index (χ2n) is 8.13. The van der Waals surface area contributed by atoms with Crippen molar-refractivity contribution >= 4 is 46.4 Å². The van der Waals surface area contributed by atoms with E-state index in [1.165, 1.54) is 20.3 Å². The summed E-state index contributed by atoms with van der Waals surface area (Å²) < 4.78 is 10.5. The molecule has 1 heterocycles. The van der Waals surface area contributed by atoms with Gasteiger partial charge in [0.15, 0.2) is 0 Å². The predicted molar refractivity (Wildman–Crippen MR) is 139 cm³/mol. The van der Waals surface area contributed by atoms with Gasteiger partial charge in [0, 0.05) is 23.0 Å². The van der Waals surface area contributed by atoms with Crippen molar-refractivity contribution in [3.05, 3.63) is 88.1 Å². The molecular weight excluding hydrogens is 482 g/mol. The van der Waals surface area contributed by atoms with Gasteiger partial charge in [-0.05, 0) is 67.4 Å². The van der Waals surface area contributed by atoms with Gasteiger partial charge in [-0.3, -0.25) is 14.4 Å². The quantitative estimate of drug-likeness (QED) is 0.438. The predicted octanol–water partition coefficient (Wildman–Crippen LogP) is 5.01. The van der Waals surface area contributed by atoms with Crippen LogP contribution in [0.3, 0.4) is 0 Å². The molecule has 3 aromatic rings. The largest absolute Gasteiger partial charge is 0.497 e. The number of hydrogen-bond acceptors (Lipinski definition) is 6. The average Bonchev–Trinajstić information content (AvgIpc) is 3.08. The maximum atomic E-state index is 13.2. The fraction of sp³-hybridized carbons (Fsp3) is 0.148. The topological polar surface area (TPSA) is 97.0 Å². The number of amides is 3. The molecule has 3 aromatic carbocycles. The second kappa shape index (κ2) is 10.1. The molecular formula is C27H24ClN3O5. The van der Waals surface area contributed by atoms with Crippen LogP contribution in [0.15, 0.2) is 71.4 Å². The maximum Gasteiger partial charge on any atom is 0.283 e. The number of methoxy groups -OCH3 is 2. The van der Waals surface area contributed by atoms with Gasteiger partial charge < -0.3 is 20.1 Å². The van der Waals surface area contributed by atoms with E-state index in [4.69, 9.17) is 21.1 Å². The first-order valence-electron chi connectivity index (χ1n) is 11.0. The van der Waals surface area contributed by atoms with E-state index >= 15 is 0 Å². The summed E-state index contributed by atoms with van der Waals surface area (Å²) in [5, 5.41) is 5.48. The minimum absolute atomic E-state index is 0.113. The minimum atomic E-state index is -0.709. The zero-order valence-corrected chi connectivity index (χ0v) is 20.9. The molecule has 1 aliphatic rings. The normalized spacial score (nSPS) is 13.2. The molecule has 0 atom stereocenters. The Morgan fingerprint density at radius 3 is 2.33 bits per heavy atom. The summed E-state index contributed by atoms with van der Waals surface area (Å²) in [6.07, 6.45) is 0. The lowest BCUT2D eigenvalue weighted by molar-refractivity contribution is -0.120. The molecule has 0 saturated carbocycles. The molecule has 0 unspecified atom stereocenters. The van der Waals surface area contributed by atoms with Crippen LogP contribution in [-0.2, 0) is 9.59 Å². The van der Waals surface area contributed by atoms with Gasteiger partial charge in [-0.25, -0.2) is 4.90 Å². The van der Waals surface area contributed by atoms with Crippen molar-refractivity contribution in [1.82, 2.24) is 0 Å². The van der Waals surface area contributed by atoms with Crippen LogP contribution >= 0.6 is 11.6 Å². The van der Waals surface area contributed by atoms with E-state index < -0.39 is 11.8 Å². The van der Waals surface area contributed by atoms with Crippen molar-refractivity contribution < 1.29 is 23.9 Å². The highest BCUT2D eigenvalue weighted by Gasteiger charge is 2.40. The molecule has 184 valence electrons. The SMILES string of the molecule is COc1ccc(OC)c(N2C(=O)C(Cl)=C(Nc3cccc(C(=O)Nc4ccc(C)c(C)c4)c3)C2=O)c1. The zero-order valence-electron chi connectivity index (χ0n) is 20.1. The van der Waals surface area contributed by atoms with E-state index in [9.17, 15) is 14.4 Å². The van der Waals surface area contributed by atoms with Gasteiger partial charge in [0.1, 0.15) is 22.2 Å². The summed E-state index contributed by atoms with van der Waals surface area (Å²) in [6.45, 7) is 3.97. The number of carbonyl (C=O) groups excluding carboxylic acids is 3. The summed E-state index contributed by atoms with van der Waals surface area (Å²) in [4.78, 5) is 39.9. The highest BCUT2D eigenvalue weighted by atomic mass is 35.5. The maximum absolute atomic E-state index is 13.2. The molecule has 2 N–H and O–H groups in total. The van der Waals surface area contributed by atoms with Crippen molar-refractivity contribution in [3.63, 3.8) is 0 Å². The highest BCUT2D eigenvalue weighted by Crippen LogP contribution is 2.38. The molecule has 4 rings (SSSR count). The van der Waals surface area contributed by atoms with E-state index in [1.807, 2.05) is 32.0 Å². The van der Waals surface area contributed by atoms with Crippen LogP contribution in [0.2, 0.25) is 0 Å². The van der Waals surface area contributed by atoms with E-state index in [1.54, 1.807) is 36.4 Å². The summed E-state index contributed by atoms with van der Waals surface area (Å²) in [7, 11) is 2.90. The third kappa shape index (κ3) is 4.76. The van der Waals surface area contributed by atoms with E-state index in [0.29, 0.717) is 28.4 Å². The molecule has 1 aliphatic heterocycles. The number of imide groups is 1. The van der Waals surface area contributed by atoms with E-state index in [2.05, 4.69) is 10.6 Å². The summed E-state index contributed by atoms with van der Waals surface area (Å²) in [5.74, 6) is -0.959. The minimum Gasteiger partial charge on any atom is -0.497 e. The number of ether oxygens (including phenoxy) is 2. The number of carbonyl (C=O) groups is 3. The van der Waals surface area contributed by atoms with Crippen LogP contribution in [0.25, 0.3) is 0 Å². The Labute approximate surface area is 213 Å². The van der Waals surface area contributed by atoms with Crippen molar-refractivity contribution in [2.75, 3.05) is 29.8 Å². The molecule has 0 saturated heterocycles. The van der Waals surface area contributed by atoms with Crippen LogP contribution in [0, 0.1) is 13.8 Å². The lowest BCUT2D eigenvalue weighted by Gasteiger charge is -2.19. The Bertz CT molecular complexity index is 1420. The van der Waals surface area contributed by atoms with Gasteiger partial charge in [0.05, 0.1) is 19.9 Å². The summed E-state index contributed by atoms with van der Waals surface area (Å²) >= 11 is 6.28. The molecule has 36 heavy (non-hydrogen) atoms. The van der Waals surface area contributed by atoms with Gasteiger partial charge >= 0.3 is 0 Å². The van der Waals surface area contributed by atoms with Gasteiger partial charge in [-0.1, -0.05) is 23.7 Å². The van der Waals surface area contributed by atoms with Crippen molar-refractivity contribution in [1.29, 1.82) is 0 Å². The molecule has 9 heteroatoms. The zero-order chi connectivity index (χ0) is 26.0. The number of benzene rings is 3. The van der Waals surface area contributed by atoms with Gasteiger partial charge in [0.25, 0.3) is 17.7 Å². The fourth-order valence-corrected chi connectivity index (χ4v) is 3.92. The highest BCUT2D eigenvalue weighted by molar-refractivity contribution is 6.53. The molecule has 0 aliphatic carbocycles. The second-order valence-corrected chi connectivity index (χ2v) is 8.51. The van der Waals surface area contributed by atoms with Crippen molar-refractivity contribution in [2.24, 2.45) is 0 Å². The number of hydrogen-bond donors (Lipinski definition) is 2. The monoisotopic (exact) mass is 505 g/mol. The average molecular weight is 506 g/mol. The molecule has 8 nitrogen and oxygen atoms in total. The van der Waals surface area contributed by atoms with Crippen LogP contribution < -0.4 is 25.0 Å². The first-order valence-corrected chi connectivity index (χ1v) is 11.4. The third-order valence-electron chi connectivity index (χ3n) is 5.81. The lowest BCUT2D eigenvalue weighted by atomic mass is 10.1. The van der Waals surface area contributed by atoms with Gasteiger partial charge in [-0.2, -0.15) is 0 Å². The van der Waals surface area contributed by atoms with E-state index in [0.717, 1.165) is 16.0 Å². The number of nitrogens with zero attached hydrogens (tertiary/aromatic N) is 1. The molecule has 0 aromatic heterocycles. The molecule has 3 amide bonds. The smallest absolute Gasteiger partial charge is 0.283 e. The van der Waals surface area contributed by atoms with Crippen LogP contribution in [0.1, 0.15) is 21.5 Å². The Balaban J connectivity index is 1.57. The van der Waals surface area contributed by atoms with Gasteiger partial charge in [0.2, 0.25) is 0 Å². The first-order chi connectivity index (χ1) is 17.2. The third-order valence-corrected chi connectivity index (χ3v) is 6.16. The Morgan fingerprint density at radius 2 is 1.64 bits per heavy atom. The lowest BCUT2D eigenvalue weighted by Crippen LogP contribution is -2.32. The molecule has 0 fully saturated rings. The van der Waals surface area contributed by atoms with Crippen molar-refractivity contribution in [2.45, 2.75) is 13.8 Å². The number of nitrogens with one attached hydrogen (secondary N) is 2. The van der Waals surface area contributed by atoms with E-state index in [-0.39, 0.29) is 22.3 Å². The van der Waals surface area contributed by atoms with Crippen LogP contribution in [-0.4, -0.2) is 31.9 Å². The Kier molecular flexibility index (Phi) is 6.98.